The van der Waals surface area contributed by atoms with Gasteiger partial charge in [0.1, 0.15) is 0 Å². The molecule has 1 amide bonds. The molecule has 1 unspecified atom stereocenters. The molecule has 2 heterocycles. The highest BCUT2D eigenvalue weighted by molar-refractivity contribution is 7.81. The van der Waals surface area contributed by atoms with E-state index in [4.69, 9.17) is 11.6 Å². The van der Waals surface area contributed by atoms with E-state index in [2.05, 4.69) is 17.6 Å². The number of carbonyl (C=O) groups is 1. The third-order valence-corrected chi connectivity index (χ3v) is 3.73. The molecule has 0 saturated carbocycles. The highest BCUT2D eigenvalue weighted by Gasteiger charge is 2.30. The Morgan fingerprint density at radius 1 is 1.39 bits per heavy atom. The van der Waals surface area contributed by atoms with Crippen LogP contribution < -0.4 is 4.90 Å². The predicted molar refractivity (Wildman–Crippen MR) is 76.5 cm³/mol. The number of aromatic nitrogens is 1. The zero-order valence-corrected chi connectivity index (χ0v) is 11.2. The monoisotopic (exact) mass is 278 g/mol. The number of benzene rings is 1. The van der Waals surface area contributed by atoms with Crippen LogP contribution in [-0.2, 0) is 4.79 Å². The number of amides is 1. The van der Waals surface area contributed by atoms with Crippen LogP contribution in [0.2, 0.25) is 5.02 Å². The Kier molecular flexibility index (Phi) is 2.92. The summed E-state index contributed by atoms with van der Waals surface area (Å²) in [5, 5.41) is 1.55. The van der Waals surface area contributed by atoms with E-state index in [1.165, 1.54) is 0 Å². The van der Waals surface area contributed by atoms with Crippen LogP contribution in [0.1, 0.15) is 6.42 Å². The lowest BCUT2D eigenvalue weighted by molar-refractivity contribution is -0.117. The normalized spacial score (nSPS) is 19.8. The van der Waals surface area contributed by atoms with E-state index < -0.39 is 0 Å². The summed E-state index contributed by atoms with van der Waals surface area (Å²) < 4.78 is 0. The second-order valence-electron chi connectivity index (χ2n) is 4.33. The Bertz CT molecular complexity index is 631. The fourth-order valence-corrected chi connectivity index (χ4v) is 2.88. The van der Waals surface area contributed by atoms with Crippen molar-refractivity contribution in [3.8, 4) is 0 Å². The average molecular weight is 279 g/mol. The molecule has 1 fully saturated rings. The molecule has 1 saturated heterocycles. The van der Waals surface area contributed by atoms with E-state index in [0.717, 1.165) is 16.6 Å². The van der Waals surface area contributed by atoms with Crippen molar-refractivity contribution in [3.63, 3.8) is 0 Å². The lowest BCUT2D eigenvalue weighted by Gasteiger charge is -2.19. The molecule has 1 atom stereocenters. The minimum Gasteiger partial charge on any atom is -0.309 e. The Hall–Kier alpha value is -1.26. The molecule has 1 aliphatic rings. The van der Waals surface area contributed by atoms with Crippen molar-refractivity contribution in [2.45, 2.75) is 11.7 Å². The Labute approximate surface area is 115 Å². The highest BCUT2D eigenvalue weighted by atomic mass is 35.5. The summed E-state index contributed by atoms with van der Waals surface area (Å²) in [6, 6.07) is 7.43. The van der Waals surface area contributed by atoms with Gasteiger partial charge < -0.3 is 4.90 Å². The SMILES string of the molecule is O=C1CC(S)CN1c1c(Cl)ccc2ncccc12. The summed E-state index contributed by atoms with van der Waals surface area (Å²) >= 11 is 10.6. The molecule has 5 heteroatoms. The van der Waals surface area contributed by atoms with Crippen molar-refractivity contribution in [2.75, 3.05) is 11.4 Å². The number of carbonyl (C=O) groups excluding carboxylic acids is 1. The van der Waals surface area contributed by atoms with Gasteiger partial charge in [0.15, 0.2) is 0 Å². The van der Waals surface area contributed by atoms with Gasteiger partial charge in [-0.05, 0) is 24.3 Å². The topological polar surface area (TPSA) is 33.2 Å². The molecule has 0 bridgehead atoms. The second kappa shape index (κ2) is 4.44. The van der Waals surface area contributed by atoms with E-state index >= 15 is 0 Å². The molecule has 92 valence electrons. The van der Waals surface area contributed by atoms with Gasteiger partial charge in [0.25, 0.3) is 0 Å². The third-order valence-electron chi connectivity index (χ3n) is 3.08. The van der Waals surface area contributed by atoms with Crippen LogP contribution in [0, 0.1) is 0 Å². The number of pyridine rings is 1. The Balaban J connectivity index is 2.22. The molecule has 0 radical (unpaired) electrons. The van der Waals surface area contributed by atoms with Crippen molar-refractivity contribution in [3.05, 3.63) is 35.5 Å². The second-order valence-corrected chi connectivity index (χ2v) is 5.47. The van der Waals surface area contributed by atoms with Gasteiger partial charge in [-0.3, -0.25) is 9.78 Å². The summed E-state index contributed by atoms with van der Waals surface area (Å²) in [7, 11) is 0. The van der Waals surface area contributed by atoms with Crippen LogP contribution in [-0.4, -0.2) is 22.7 Å². The third kappa shape index (κ3) is 1.85. The van der Waals surface area contributed by atoms with Gasteiger partial charge in [0.05, 0.1) is 16.2 Å². The molecule has 3 nitrogen and oxygen atoms in total. The predicted octanol–water partition coefficient (Wildman–Crippen LogP) is 2.92. The standard InChI is InChI=1S/C13H11ClN2OS/c14-10-3-4-11-9(2-1-5-15-11)13(10)16-7-8(18)6-12(16)17/h1-5,8,18H,6-7H2. The zero-order chi connectivity index (χ0) is 12.7. The van der Waals surface area contributed by atoms with Crippen molar-refractivity contribution in [2.24, 2.45) is 0 Å². The Morgan fingerprint density at radius 2 is 2.22 bits per heavy atom. The number of anilines is 1. The number of hydrogen-bond donors (Lipinski definition) is 1. The minimum atomic E-state index is 0.0632. The number of nitrogens with zero attached hydrogens (tertiary/aromatic N) is 2. The lowest BCUT2D eigenvalue weighted by atomic mass is 10.1. The van der Waals surface area contributed by atoms with Crippen molar-refractivity contribution in [1.82, 2.24) is 4.98 Å². The molecule has 0 aliphatic carbocycles. The number of hydrogen-bond acceptors (Lipinski definition) is 3. The maximum atomic E-state index is 12.0. The lowest BCUT2D eigenvalue weighted by Crippen LogP contribution is -2.25. The molecule has 2 aromatic rings. The number of halogens is 1. The highest BCUT2D eigenvalue weighted by Crippen LogP contribution is 2.36. The number of thiol groups is 1. The molecule has 0 N–H and O–H groups in total. The van der Waals surface area contributed by atoms with E-state index in [0.29, 0.717) is 18.0 Å². The average Bonchev–Trinajstić information content (AvgIpc) is 2.68. The summed E-state index contributed by atoms with van der Waals surface area (Å²) in [6.45, 7) is 0.593. The summed E-state index contributed by atoms with van der Waals surface area (Å²) in [5.41, 5.74) is 1.59. The largest absolute Gasteiger partial charge is 0.309 e. The van der Waals surface area contributed by atoms with E-state index in [9.17, 15) is 4.79 Å². The first-order valence-corrected chi connectivity index (χ1v) is 6.58. The van der Waals surface area contributed by atoms with Crippen LogP contribution in [0.15, 0.2) is 30.5 Å². The van der Waals surface area contributed by atoms with Crippen LogP contribution in [0.25, 0.3) is 10.9 Å². The molecule has 0 spiro atoms. The molecule has 1 aromatic heterocycles. The van der Waals surface area contributed by atoms with Gasteiger partial charge in [-0.25, -0.2) is 0 Å². The molecular formula is C13H11ClN2OS. The van der Waals surface area contributed by atoms with E-state index in [1.807, 2.05) is 18.2 Å². The maximum Gasteiger partial charge on any atom is 0.228 e. The van der Waals surface area contributed by atoms with Gasteiger partial charge in [0.2, 0.25) is 5.91 Å². The first kappa shape index (κ1) is 11.8. The first-order valence-electron chi connectivity index (χ1n) is 5.68. The Morgan fingerprint density at radius 3 is 2.94 bits per heavy atom. The zero-order valence-electron chi connectivity index (χ0n) is 9.51. The number of fused-ring (bicyclic) bond motifs is 1. The fraction of sp³-hybridized carbons (Fsp3) is 0.231. The van der Waals surface area contributed by atoms with E-state index in [-0.39, 0.29) is 11.2 Å². The van der Waals surface area contributed by atoms with Crippen molar-refractivity contribution < 1.29 is 4.79 Å². The molecule has 18 heavy (non-hydrogen) atoms. The first-order chi connectivity index (χ1) is 8.66. The van der Waals surface area contributed by atoms with Crippen LogP contribution >= 0.6 is 24.2 Å². The molecule has 3 rings (SSSR count). The van der Waals surface area contributed by atoms with Gasteiger partial charge in [-0.2, -0.15) is 12.6 Å². The summed E-state index contributed by atoms with van der Waals surface area (Å²) in [5.74, 6) is 0.0632. The quantitative estimate of drug-likeness (QED) is 0.814. The van der Waals surface area contributed by atoms with Gasteiger partial charge >= 0.3 is 0 Å². The van der Waals surface area contributed by atoms with Gasteiger partial charge in [-0.15, -0.1) is 0 Å². The maximum absolute atomic E-state index is 12.0. The van der Waals surface area contributed by atoms with E-state index in [1.54, 1.807) is 17.2 Å². The van der Waals surface area contributed by atoms with Crippen molar-refractivity contribution >= 4 is 46.7 Å². The number of rotatable bonds is 1. The van der Waals surface area contributed by atoms with Crippen LogP contribution in [0.3, 0.4) is 0 Å². The van der Waals surface area contributed by atoms with Crippen LogP contribution in [0.4, 0.5) is 5.69 Å². The summed E-state index contributed by atoms with van der Waals surface area (Å²) in [6.07, 6.45) is 2.18. The van der Waals surface area contributed by atoms with Crippen LogP contribution in [0.5, 0.6) is 0 Å². The fourth-order valence-electron chi connectivity index (χ4n) is 2.29. The molecular weight excluding hydrogens is 268 g/mol. The van der Waals surface area contributed by atoms with Gasteiger partial charge in [-0.1, -0.05) is 11.6 Å². The molecule has 1 aromatic carbocycles. The van der Waals surface area contributed by atoms with Crippen molar-refractivity contribution in [1.29, 1.82) is 0 Å². The van der Waals surface area contributed by atoms with Gasteiger partial charge in [0, 0.05) is 29.8 Å². The minimum absolute atomic E-state index is 0.0632. The smallest absolute Gasteiger partial charge is 0.228 e. The molecule has 1 aliphatic heterocycles. The summed E-state index contributed by atoms with van der Waals surface area (Å²) in [4.78, 5) is 18.0.